The molecule has 0 aliphatic heterocycles. The molecule has 0 saturated heterocycles. The van der Waals surface area contributed by atoms with Gasteiger partial charge in [-0.1, -0.05) is 0 Å². The Hall–Kier alpha value is -1.67. The fourth-order valence-corrected chi connectivity index (χ4v) is 1.69. The van der Waals surface area contributed by atoms with E-state index in [2.05, 4.69) is 20.4 Å². The van der Waals surface area contributed by atoms with Crippen molar-refractivity contribution in [2.24, 2.45) is 5.84 Å². The minimum atomic E-state index is 0.0743. The topological polar surface area (TPSA) is 103 Å². The van der Waals surface area contributed by atoms with Gasteiger partial charge in [-0.25, -0.2) is 5.84 Å². The number of aliphatic hydroxyl groups excluding tert-OH is 1. The molecular formula is C10H19N7O. The Morgan fingerprint density at radius 3 is 2.44 bits per heavy atom. The van der Waals surface area contributed by atoms with Crippen LogP contribution in [0.15, 0.2) is 0 Å². The third-order valence-corrected chi connectivity index (χ3v) is 2.73. The van der Waals surface area contributed by atoms with Gasteiger partial charge in [0.15, 0.2) is 0 Å². The summed E-state index contributed by atoms with van der Waals surface area (Å²) in [5.41, 5.74) is 2.44. The average molecular weight is 253 g/mol. The number of hydrogen-bond donors (Lipinski definition) is 3. The third kappa shape index (κ3) is 2.77. The van der Waals surface area contributed by atoms with Gasteiger partial charge in [0.25, 0.3) is 0 Å². The van der Waals surface area contributed by atoms with Gasteiger partial charge in [-0.2, -0.15) is 15.0 Å². The van der Waals surface area contributed by atoms with Crippen molar-refractivity contribution in [3.05, 3.63) is 0 Å². The Kier molecular flexibility index (Phi) is 3.78. The lowest BCUT2D eigenvalue weighted by Crippen LogP contribution is -2.32. The Labute approximate surface area is 106 Å². The largest absolute Gasteiger partial charge is 0.395 e. The lowest BCUT2D eigenvalue weighted by molar-refractivity contribution is 0.300. The van der Waals surface area contributed by atoms with Gasteiger partial charge < -0.3 is 14.9 Å². The van der Waals surface area contributed by atoms with Crippen LogP contribution in [0.2, 0.25) is 0 Å². The zero-order valence-corrected chi connectivity index (χ0v) is 10.7. The molecule has 0 unspecified atom stereocenters. The van der Waals surface area contributed by atoms with Gasteiger partial charge in [0.05, 0.1) is 6.61 Å². The van der Waals surface area contributed by atoms with E-state index in [0.29, 0.717) is 30.4 Å². The monoisotopic (exact) mass is 253 g/mol. The third-order valence-electron chi connectivity index (χ3n) is 2.73. The van der Waals surface area contributed by atoms with E-state index in [0.717, 1.165) is 12.8 Å². The molecular weight excluding hydrogens is 234 g/mol. The second kappa shape index (κ2) is 5.32. The Morgan fingerprint density at radius 1 is 1.28 bits per heavy atom. The molecule has 0 bridgehead atoms. The van der Waals surface area contributed by atoms with E-state index >= 15 is 0 Å². The standard InChI is InChI=1S/C10H19N7O/c1-16(2)9-12-8(15-11)13-10(14-9)17(5-6-18)7-3-4-7/h7,18H,3-6,11H2,1-2H3,(H,12,13,14,15). The number of anilines is 3. The molecule has 1 heterocycles. The highest BCUT2D eigenvalue weighted by molar-refractivity contribution is 5.45. The molecule has 18 heavy (non-hydrogen) atoms. The van der Waals surface area contributed by atoms with Crippen molar-refractivity contribution >= 4 is 17.8 Å². The number of nitrogen functional groups attached to an aromatic ring is 1. The van der Waals surface area contributed by atoms with Crippen LogP contribution in [-0.4, -0.2) is 53.3 Å². The molecule has 1 aliphatic rings. The van der Waals surface area contributed by atoms with Gasteiger partial charge in [-0.3, -0.25) is 5.43 Å². The van der Waals surface area contributed by atoms with Crippen LogP contribution in [0.3, 0.4) is 0 Å². The minimum Gasteiger partial charge on any atom is -0.395 e. The predicted molar refractivity (Wildman–Crippen MR) is 69.4 cm³/mol. The van der Waals surface area contributed by atoms with Gasteiger partial charge in [0.2, 0.25) is 17.8 Å². The zero-order chi connectivity index (χ0) is 13.1. The van der Waals surface area contributed by atoms with E-state index in [1.54, 1.807) is 4.90 Å². The predicted octanol–water partition coefficient (Wildman–Crippen LogP) is -0.816. The van der Waals surface area contributed by atoms with Crippen LogP contribution in [0.1, 0.15) is 12.8 Å². The van der Waals surface area contributed by atoms with E-state index < -0.39 is 0 Å². The summed E-state index contributed by atoms with van der Waals surface area (Å²) >= 11 is 0. The lowest BCUT2D eigenvalue weighted by Gasteiger charge is -2.22. The van der Waals surface area contributed by atoms with Crippen molar-refractivity contribution in [3.63, 3.8) is 0 Å². The molecule has 1 aromatic rings. The highest BCUT2D eigenvalue weighted by atomic mass is 16.3. The summed E-state index contributed by atoms with van der Waals surface area (Å²) in [6.45, 7) is 0.594. The second-order valence-electron chi connectivity index (χ2n) is 4.45. The molecule has 0 atom stereocenters. The summed E-state index contributed by atoms with van der Waals surface area (Å²) in [6.07, 6.45) is 2.21. The first-order valence-electron chi connectivity index (χ1n) is 5.93. The minimum absolute atomic E-state index is 0.0743. The van der Waals surface area contributed by atoms with Crippen LogP contribution in [0.25, 0.3) is 0 Å². The number of rotatable bonds is 6. The van der Waals surface area contributed by atoms with E-state index in [9.17, 15) is 0 Å². The van der Waals surface area contributed by atoms with E-state index in [-0.39, 0.29) is 6.61 Å². The van der Waals surface area contributed by atoms with Crippen LogP contribution in [0.5, 0.6) is 0 Å². The quantitative estimate of drug-likeness (QED) is 0.446. The van der Waals surface area contributed by atoms with Gasteiger partial charge in [-0.15, -0.1) is 0 Å². The van der Waals surface area contributed by atoms with Crippen LogP contribution in [0.4, 0.5) is 17.8 Å². The molecule has 0 radical (unpaired) electrons. The van der Waals surface area contributed by atoms with Crippen LogP contribution in [0, 0.1) is 0 Å². The first kappa shape index (κ1) is 12.8. The van der Waals surface area contributed by atoms with Crippen molar-refractivity contribution in [1.29, 1.82) is 0 Å². The summed E-state index contributed by atoms with van der Waals surface area (Å²) < 4.78 is 0. The molecule has 1 aromatic heterocycles. The van der Waals surface area contributed by atoms with Crippen molar-refractivity contribution in [3.8, 4) is 0 Å². The Bertz CT molecular complexity index is 407. The Balaban J connectivity index is 2.31. The van der Waals surface area contributed by atoms with Crippen LogP contribution >= 0.6 is 0 Å². The highest BCUT2D eigenvalue weighted by Crippen LogP contribution is 2.30. The van der Waals surface area contributed by atoms with Crippen LogP contribution in [-0.2, 0) is 0 Å². The molecule has 0 aromatic carbocycles. The molecule has 2 rings (SSSR count). The summed E-state index contributed by atoms with van der Waals surface area (Å²) in [5, 5.41) is 9.12. The number of hydrazine groups is 1. The summed E-state index contributed by atoms with van der Waals surface area (Å²) in [6, 6.07) is 0.417. The lowest BCUT2D eigenvalue weighted by atomic mass is 10.5. The van der Waals surface area contributed by atoms with Gasteiger partial charge in [0.1, 0.15) is 0 Å². The number of nitrogens with two attached hydrogens (primary N) is 1. The van der Waals surface area contributed by atoms with Crippen molar-refractivity contribution < 1.29 is 5.11 Å². The summed E-state index contributed by atoms with van der Waals surface area (Å²) in [7, 11) is 3.71. The number of hydrogen-bond acceptors (Lipinski definition) is 8. The van der Waals surface area contributed by atoms with Gasteiger partial charge >= 0.3 is 0 Å². The summed E-state index contributed by atoms with van der Waals surface area (Å²) in [5.74, 6) is 6.78. The van der Waals surface area contributed by atoms with Crippen LogP contribution < -0.4 is 21.1 Å². The first-order chi connectivity index (χ1) is 8.65. The SMILES string of the molecule is CN(C)c1nc(NN)nc(N(CCO)C2CC2)n1. The maximum absolute atomic E-state index is 9.12. The first-order valence-corrected chi connectivity index (χ1v) is 5.93. The number of nitrogens with one attached hydrogen (secondary N) is 1. The number of nitrogens with zero attached hydrogens (tertiary/aromatic N) is 5. The molecule has 4 N–H and O–H groups in total. The molecule has 0 amide bonds. The maximum Gasteiger partial charge on any atom is 0.243 e. The second-order valence-corrected chi connectivity index (χ2v) is 4.45. The van der Waals surface area contributed by atoms with Crippen molar-refractivity contribution in [2.45, 2.75) is 18.9 Å². The fourth-order valence-electron chi connectivity index (χ4n) is 1.69. The maximum atomic E-state index is 9.12. The fraction of sp³-hybridized carbons (Fsp3) is 0.700. The zero-order valence-electron chi connectivity index (χ0n) is 10.7. The number of aliphatic hydroxyl groups is 1. The number of aromatic nitrogens is 3. The van der Waals surface area contributed by atoms with E-state index in [1.165, 1.54) is 0 Å². The van der Waals surface area contributed by atoms with Crippen molar-refractivity contribution in [2.75, 3.05) is 42.5 Å². The average Bonchev–Trinajstić information content (AvgIpc) is 3.19. The molecule has 0 spiro atoms. The molecule has 8 nitrogen and oxygen atoms in total. The molecule has 1 fully saturated rings. The van der Waals surface area contributed by atoms with Gasteiger partial charge in [-0.05, 0) is 12.8 Å². The van der Waals surface area contributed by atoms with E-state index in [4.69, 9.17) is 10.9 Å². The Morgan fingerprint density at radius 2 is 1.94 bits per heavy atom. The molecule has 1 saturated carbocycles. The van der Waals surface area contributed by atoms with E-state index in [1.807, 2.05) is 19.0 Å². The van der Waals surface area contributed by atoms with Gasteiger partial charge in [0, 0.05) is 26.7 Å². The molecule has 8 heteroatoms. The highest BCUT2D eigenvalue weighted by Gasteiger charge is 2.31. The normalized spacial score (nSPS) is 14.4. The molecule has 100 valence electrons. The van der Waals surface area contributed by atoms with Crippen molar-refractivity contribution in [1.82, 2.24) is 15.0 Å². The molecule has 1 aliphatic carbocycles. The summed E-state index contributed by atoms with van der Waals surface area (Å²) in [4.78, 5) is 16.6. The smallest absolute Gasteiger partial charge is 0.243 e.